The molecule has 8 heteroatoms. The Hall–Kier alpha value is -3.52. The van der Waals surface area contributed by atoms with E-state index in [4.69, 9.17) is 9.47 Å². The number of halogens is 1. The van der Waals surface area contributed by atoms with Crippen LogP contribution in [0.4, 0.5) is 9.52 Å². The van der Waals surface area contributed by atoms with Crippen LogP contribution in [0.3, 0.4) is 0 Å². The summed E-state index contributed by atoms with van der Waals surface area (Å²) in [7, 11) is 3.12. The van der Waals surface area contributed by atoms with Crippen molar-refractivity contribution >= 4 is 32.6 Å². The number of fused-ring (bicyclic) bond motifs is 1. The van der Waals surface area contributed by atoms with Crippen LogP contribution in [-0.2, 0) is 6.54 Å². The molecule has 0 unspecified atom stereocenters. The average Bonchev–Trinajstić information content (AvgIpc) is 3.19. The van der Waals surface area contributed by atoms with E-state index in [0.717, 1.165) is 10.3 Å². The number of rotatable bonds is 6. The van der Waals surface area contributed by atoms with Crippen molar-refractivity contribution in [2.45, 2.75) is 6.54 Å². The van der Waals surface area contributed by atoms with E-state index in [2.05, 4.69) is 9.97 Å². The first-order chi connectivity index (χ1) is 14.6. The molecule has 2 aromatic carbocycles. The van der Waals surface area contributed by atoms with Crippen LogP contribution in [0.15, 0.2) is 60.9 Å². The molecule has 152 valence electrons. The Bertz CT molecular complexity index is 1160. The van der Waals surface area contributed by atoms with Crippen molar-refractivity contribution in [1.82, 2.24) is 9.97 Å². The molecule has 0 aliphatic rings. The van der Waals surface area contributed by atoms with Crippen LogP contribution in [0.2, 0.25) is 0 Å². The normalized spacial score (nSPS) is 10.8. The van der Waals surface area contributed by atoms with E-state index < -0.39 is 5.82 Å². The van der Waals surface area contributed by atoms with Crippen molar-refractivity contribution in [2.75, 3.05) is 19.1 Å². The number of carbonyl (C=O) groups is 1. The predicted octanol–water partition coefficient (Wildman–Crippen LogP) is 4.69. The highest BCUT2D eigenvalue weighted by molar-refractivity contribution is 7.22. The molecular formula is C22H18FN3O3S. The first kappa shape index (κ1) is 19.8. The summed E-state index contributed by atoms with van der Waals surface area (Å²) in [4.78, 5) is 23.6. The standard InChI is InChI=1S/C22H18FN3O3S/c1-28-18-10-17-20(11-19(18)29-2)30-22(25-17)26(13-14-5-4-8-24-12-14)21(27)15-6-3-7-16(23)9-15/h3-12H,13H2,1-2H3. The summed E-state index contributed by atoms with van der Waals surface area (Å²) in [5.74, 6) is 0.310. The quantitative estimate of drug-likeness (QED) is 0.450. The van der Waals surface area contributed by atoms with E-state index in [1.807, 2.05) is 12.1 Å². The first-order valence-electron chi connectivity index (χ1n) is 9.08. The second-order valence-electron chi connectivity index (χ2n) is 6.43. The van der Waals surface area contributed by atoms with E-state index in [9.17, 15) is 9.18 Å². The summed E-state index contributed by atoms with van der Waals surface area (Å²) in [5, 5.41) is 0.485. The first-order valence-corrected chi connectivity index (χ1v) is 9.89. The molecule has 2 heterocycles. The van der Waals surface area contributed by atoms with Crippen molar-refractivity contribution in [3.63, 3.8) is 0 Å². The van der Waals surface area contributed by atoms with Gasteiger partial charge in [-0.15, -0.1) is 0 Å². The maximum absolute atomic E-state index is 13.7. The Kier molecular flexibility index (Phi) is 5.58. The number of thiazole rings is 1. The molecule has 6 nitrogen and oxygen atoms in total. The van der Waals surface area contributed by atoms with Crippen molar-refractivity contribution in [3.05, 3.63) is 77.9 Å². The van der Waals surface area contributed by atoms with Crippen LogP contribution in [-0.4, -0.2) is 30.1 Å². The summed E-state index contributed by atoms with van der Waals surface area (Å²) < 4.78 is 25.3. The summed E-state index contributed by atoms with van der Waals surface area (Å²) in [6, 6.07) is 12.9. The van der Waals surface area contributed by atoms with Gasteiger partial charge in [0.25, 0.3) is 5.91 Å². The molecule has 0 atom stereocenters. The van der Waals surface area contributed by atoms with E-state index in [0.29, 0.717) is 22.1 Å². The highest BCUT2D eigenvalue weighted by Gasteiger charge is 2.23. The van der Waals surface area contributed by atoms with Gasteiger partial charge in [-0.2, -0.15) is 0 Å². The molecule has 0 aliphatic heterocycles. The van der Waals surface area contributed by atoms with E-state index in [1.54, 1.807) is 44.8 Å². The van der Waals surface area contributed by atoms with Gasteiger partial charge < -0.3 is 9.47 Å². The Balaban J connectivity index is 1.79. The topological polar surface area (TPSA) is 64.5 Å². The lowest BCUT2D eigenvalue weighted by Crippen LogP contribution is -2.30. The smallest absolute Gasteiger partial charge is 0.260 e. The van der Waals surface area contributed by atoms with Crippen LogP contribution >= 0.6 is 11.3 Å². The van der Waals surface area contributed by atoms with Crippen molar-refractivity contribution in [3.8, 4) is 11.5 Å². The van der Waals surface area contributed by atoms with Gasteiger partial charge in [-0.3, -0.25) is 14.7 Å². The number of amides is 1. The Morgan fingerprint density at radius 3 is 2.60 bits per heavy atom. The van der Waals surface area contributed by atoms with Gasteiger partial charge in [0.05, 0.1) is 31.0 Å². The van der Waals surface area contributed by atoms with E-state index >= 15 is 0 Å². The second-order valence-corrected chi connectivity index (χ2v) is 7.44. The lowest BCUT2D eigenvalue weighted by Gasteiger charge is -2.20. The number of hydrogen-bond donors (Lipinski definition) is 0. The number of nitrogens with zero attached hydrogens (tertiary/aromatic N) is 3. The number of pyridine rings is 1. The van der Waals surface area contributed by atoms with Crippen LogP contribution in [0.5, 0.6) is 11.5 Å². The van der Waals surface area contributed by atoms with Gasteiger partial charge in [0.1, 0.15) is 5.82 Å². The average molecular weight is 423 g/mol. The summed E-state index contributed by atoms with van der Waals surface area (Å²) in [5.41, 5.74) is 1.75. The molecule has 0 N–H and O–H groups in total. The monoisotopic (exact) mass is 423 g/mol. The van der Waals surface area contributed by atoms with Gasteiger partial charge in [0.15, 0.2) is 16.6 Å². The van der Waals surface area contributed by atoms with Crippen molar-refractivity contribution < 1.29 is 18.7 Å². The SMILES string of the molecule is COc1cc2nc(N(Cc3cccnc3)C(=O)c3cccc(F)c3)sc2cc1OC. The Morgan fingerprint density at radius 2 is 1.90 bits per heavy atom. The zero-order valence-corrected chi connectivity index (χ0v) is 17.1. The number of hydrogen-bond acceptors (Lipinski definition) is 6. The molecular weight excluding hydrogens is 405 g/mol. The lowest BCUT2D eigenvalue weighted by molar-refractivity contribution is 0.0984. The minimum absolute atomic E-state index is 0.244. The third-order valence-corrected chi connectivity index (χ3v) is 5.53. The van der Waals surface area contributed by atoms with Crippen LogP contribution in [0, 0.1) is 5.82 Å². The molecule has 2 aromatic heterocycles. The van der Waals surface area contributed by atoms with Gasteiger partial charge in [-0.1, -0.05) is 23.5 Å². The maximum atomic E-state index is 13.7. The number of anilines is 1. The molecule has 0 bridgehead atoms. The fourth-order valence-electron chi connectivity index (χ4n) is 3.04. The highest BCUT2D eigenvalue weighted by atomic mass is 32.1. The number of methoxy groups -OCH3 is 2. The molecule has 4 aromatic rings. The maximum Gasteiger partial charge on any atom is 0.260 e. The van der Waals surface area contributed by atoms with E-state index in [1.165, 1.54) is 34.4 Å². The number of carbonyl (C=O) groups excluding carboxylic acids is 1. The van der Waals surface area contributed by atoms with Gasteiger partial charge in [-0.05, 0) is 29.8 Å². The fourth-order valence-corrected chi connectivity index (χ4v) is 4.01. The minimum atomic E-state index is -0.471. The third-order valence-electron chi connectivity index (χ3n) is 4.49. The van der Waals surface area contributed by atoms with E-state index in [-0.39, 0.29) is 18.0 Å². The summed E-state index contributed by atoms with van der Waals surface area (Å²) in [6.45, 7) is 0.247. The molecule has 0 radical (unpaired) electrons. The molecule has 0 spiro atoms. The lowest BCUT2D eigenvalue weighted by atomic mass is 10.2. The van der Waals surface area contributed by atoms with Gasteiger partial charge in [0.2, 0.25) is 0 Å². The Labute approximate surface area is 176 Å². The highest BCUT2D eigenvalue weighted by Crippen LogP contribution is 2.38. The fraction of sp³-hybridized carbons (Fsp3) is 0.136. The zero-order chi connectivity index (χ0) is 21.1. The molecule has 0 fully saturated rings. The predicted molar refractivity (Wildman–Crippen MR) is 114 cm³/mol. The minimum Gasteiger partial charge on any atom is -0.493 e. The zero-order valence-electron chi connectivity index (χ0n) is 16.3. The second kappa shape index (κ2) is 8.46. The number of ether oxygens (including phenoxy) is 2. The molecule has 4 rings (SSSR count). The number of aromatic nitrogens is 2. The van der Waals surface area contributed by atoms with Gasteiger partial charge in [0, 0.05) is 30.1 Å². The largest absolute Gasteiger partial charge is 0.493 e. The van der Waals surface area contributed by atoms with Crippen LogP contribution in [0.1, 0.15) is 15.9 Å². The molecule has 0 saturated carbocycles. The van der Waals surface area contributed by atoms with Gasteiger partial charge in [-0.25, -0.2) is 9.37 Å². The molecule has 1 amide bonds. The summed E-state index contributed by atoms with van der Waals surface area (Å²) >= 11 is 1.34. The van der Waals surface area contributed by atoms with Crippen molar-refractivity contribution in [2.24, 2.45) is 0 Å². The van der Waals surface area contributed by atoms with Gasteiger partial charge >= 0.3 is 0 Å². The Morgan fingerprint density at radius 1 is 1.10 bits per heavy atom. The molecule has 0 saturated heterocycles. The summed E-state index contributed by atoms with van der Waals surface area (Å²) in [6.07, 6.45) is 3.35. The molecule has 0 aliphatic carbocycles. The van der Waals surface area contributed by atoms with Crippen LogP contribution < -0.4 is 14.4 Å². The third kappa shape index (κ3) is 3.95. The van der Waals surface area contributed by atoms with Crippen LogP contribution in [0.25, 0.3) is 10.2 Å². The van der Waals surface area contributed by atoms with Crippen molar-refractivity contribution in [1.29, 1.82) is 0 Å². The molecule has 30 heavy (non-hydrogen) atoms. The number of benzene rings is 2.